The fourth-order valence-corrected chi connectivity index (χ4v) is 5.42. The standard InChI is InChI=1S/C28H20NOS.C5H8O2.Ir/c1-17(2)18-10-12-19(13-11-18)27-16-24-26(31-27)15-14-23(29-24)22-8-5-7-21-20-6-3-4-9-25(20)30-28(21)22;1-4(6)3-5(2)7;/h3-7,9-17H,1-2H3;3,6H,1-2H3;/q-1;;/b;4-3-;. The van der Waals surface area contributed by atoms with E-state index in [9.17, 15) is 4.79 Å². The van der Waals surface area contributed by atoms with Gasteiger partial charge in [-0.15, -0.1) is 29.5 Å². The van der Waals surface area contributed by atoms with Gasteiger partial charge in [-0.05, 0) is 54.8 Å². The van der Waals surface area contributed by atoms with Gasteiger partial charge in [0.15, 0.2) is 5.78 Å². The van der Waals surface area contributed by atoms with Crippen molar-refractivity contribution in [2.45, 2.75) is 33.6 Å². The Bertz CT molecular complexity index is 1790. The van der Waals surface area contributed by atoms with Gasteiger partial charge in [0, 0.05) is 36.4 Å². The van der Waals surface area contributed by atoms with Crippen molar-refractivity contribution in [3.05, 3.63) is 102 Å². The molecule has 39 heavy (non-hydrogen) atoms. The number of benzene rings is 3. The van der Waals surface area contributed by atoms with Crippen LogP contribution in [0.15, 0.2) is 95.1 Å². The molecule has 0 saturated carbocycles. The Morgan fingerprint density at radius 2 is 1.74 bits per heavy atom. The van der Waals surface area contributed by atoms with E-state index in [1.54, 1.807) is 11.3 Å². The van der Waals surface area contributed by atoms with Crippen LogP contribution >= 0.6 is 11.3 Å². The van der Waals surface area contributed by atoms with Crippen molar-refractivity contribution in [3.8, 4) is 21.7 Å². The van der Waals surface area contributed by atoms with Crippen LogP contribution in [0.25, 0.3) is 53.9 Å². The van der Waals surface area contributed by atoms with Crippen molar-refractivity contribution in [2.24, 2.45) is 0 Å². The molecule has 1 radical (unpaired) electrons. The first-order valence-electron chi connectivity index (χ1n) is 12.5. The van der Waals surface area contributed by atoms with Crippen LogP contribution < -0.4 is 0 Å². The van der Waals surface area contributed by atoms with E-state index in [1.165, 1.54) is 40.6 Å². The third kappa shape index (κ3) is 6.20. The fourth-order valence-electron chi connectivity index (χ4n) is 4.41. The van der Waals surface area contributed by atoms with Crippen molar-refractivity contribution in [3.63, 3.8) is 0 Å². The number of carbonyl (C=O) groups excluding carboxylic acids is 1. The van der Waals surface area contributed by atoms with E-state index in [0.29, 0.717) is 5.92 Å². The monoisotopic (exact) mass is 711 g/mol. The molecule has 3 aromatic carbocycles. The van der Waals surface area contributed by atoms with Crippen LogP contribution in [0.1, 0.15) is 39.2 Å². The van der Waals surface area contributed by atoms with Crippen molar-refractivity contribution in [1.29, 1.82) is 0 Å². The number of para-hydroxylation sites is 1. The van der Waals surface area contributed by atoms with Crippen LogP contribution in [-0.2, 0) is 24.9 Å². The summed E-state index contributed by atoms with van der Waals surface area (Å²) in [6.45, 7) is 7.29. The third-order valence-electron chi connectivity index (χ3n) is 6.24. The summed E-state index contributed by atoms with van der Waals surface area (Å²) < 4.78 is 7.37. The summed E-state index contributed by atoms with van der Waals surface area (Å²) in [5.74, 6) is 0.477. The molecule has 0 fully saturated rings. The molecule has 0 saturated heterocycles. The number of aliphatic hydroxyl groups is 1. The Hall–Kier alpha value is -3.57. The number of fused-ring (bicyclic) bond motifs is 4. The second-order valence-corrected chi connectivity index (χ2v) is 10.6. The van der Waals surface area contributed by atoms with Crippen molar-refractivity contribution < 1.29 is 34.4 Å². The van der Waals surface area contributed by atoms with E-state index in [0.717, 1.165) is 38.7 Å². The molecule has 6 rings (SSSR count). The molecule has 3 heterocycles. The predicted molar refractivity (Wildman–Crippen MR) is 158 cm³/mol. The quantitative estimate of drug-likeness (QED) is 0.113. The minimum atomic E-state index is -0.125. The van der Waals surface area contributed by atoms with Gasteiger partial charge in [0.05, 0.1) is 21.6 Å². The van der Waals surface area contributed by atoms with Gasteiger partial charge in [-0.3, -0.25) is 9.78 Å². The molecule has 6 heteroatoms. The zero-order valence-electron chi connectivity index (χ0n) is 22.1. The Morgan fingerprint density at radius 1 is 1.00 bits per heavy atom. The van der Waals surface area contributed by atoms with Crippen molar-refractivity contribution >= 4 is 49.3 Å². The number of furan rings is 1. The van der Waals surface area contributed by atoms with Crippen LogP contribution in [-0.4, -0.2) is 15.9 Å². The number of rotatable bonds is 4. The van der Waals surface area contributed by atoms with Crippen LogP contribution in [0.3, 0.4) is 0 Å². The van der Waals surface area contributed by atoms with Gasteiger partial charge >= 0.3 is 0 Å². The van der Waals surface area contributed by atoms with Gasteiger partial charge in [-0.25, -0.2) is 0 Å². The number of nitrogens with zero attached hydrogens (tertiary/aromatic N) is 1. The topological polar surface area (TPSA) is 63.3 Å². The molecule has 4 nitrogen and oxygen atoms in total. The molecule has 0 unspecified atom stereocenters. The maximum Gasteiger partial charge on any atom is 0.155 e. The molecule has 3 aromatic heterocycles. The molecular weight excluding hydrogens is 683 g/mol. The molecule has 6 aromatic rings. The first-order chi connectivity index (χ1) is 18.3. The van der Waals surface area contributed by atoms with Gasteiger partial charge in [-0.2, -0.15) is 0 Å². The summed E-state index contributed by atoms with van der Waals surface area (Å²) >= 11 is 1.78. The molecule has 0 aliphatic rings. The summed E-state index contributed by atoms with van der Waals surface area (Å²) in [4.78, 5) is 16.2. The van der Waals surface area contributed by atoms with Crippen LogP contribution in [0.5, 0.6) is 0 Å². The zero-order chi connectivity index (χ0) is 26.8. The first kappa shape index (κ1) is 28.4. The molecule has 0 spiro atoms. The largest absolute Gasteiger partial charge is 0.512 e. The van der Waals surface area contributed by atoms with E-state index in [2.05, 4.69) is 74.5 Å². The number of ketones is 1. The van der Waals surface area contributed by atoms with E-state index < -0.39 is 0 Å². The van der Waals surface area contributed by atoms with Gasteiger partial charge in [0.25, 0.3) is 0 Å². The molecule has 0 bridgehead atoms. The molecule has 1 N–H and O–H groups in total. The normalized spacial score (nSPS) is 11.5. The molecule has 0 aliphatic heterocycles. The van der Waals surface area contributed by atoms with Crippen LogP contribution in [0.4, 0.5) is 0 Å². The van der Waals surface area contributed by atoms with E-state index >= 15 is 0 Å². The number of hydrogen-bond donors (Lipinski definition) is 1. The second-order valence-electron chi connectivity index (χ2n) is 9.56. The van der Waals surface area contributed by atoms with Gasteiger partial charge in [0.1, 0.15) is 5.58 Å². The average molecular weight is 711 g/mol. The molecule has 199 valence electrons. The molecule has 0 amide bonds. The summed E-state index contributed by atoms with van der Waals surface area (Å²) in [6.07, 6.45) is 1.17. The first-order valence-corrected chi connectivity index (χ1v) is 13.3. The number of aromatic nitrogens is 1. The smallest absolute Gasteiger partial charge is 0.155 e. The van der Waals surface area contributed by atoms with E-state index in [1.807, 2.05) is 24.3 Å². The minimum Gasteiger partial charge on any atom is -0.512 e. The minimum absolute atomic E-state index is 0. The number of hydrogen-bond acceptors (Lipinski definition) is 5. The fraction of sp³-hybridized carbons (Fsp3) is 0.152. The summed E-state index contributed by atoms with van der Waals surface area (Å²) in [7, 11) is 0. The van der Waals surface area contributed by atoms with Crippen molar-refractivity contribution in [1.82, 2.24) is 4.98 Å². The number of allylic oxidation sites excluding steroid dienone is 2. The third-order valence-corrected chi connectivity index (χ3v) is 7.38. The molecule has 0 atom stereocenters. The number of pyridine rings is 1. The number of thiophene rings is 1. The van der Waals surface area contributed by atoms with E-state index in [-0.39, 0.29) is 31.6 Å². The van der Waals surface area contributed by atoms with E-state index in [4.69, 9.17) is 14.5 Å². The zero-order valence-corrected chi connectivity index (χ0v) is 25.3. The second kappa shape index (κ2) is 12.1. The SMILES string of the molecule is CC(=O)/C=C(/C)O.CC(C)c1ccc(-c2cc3nc(-c4[c-]ccc5c4oc4ccccc45)ccc3s2)cc1.[Ir]. The Balaban J connectivity index is 0.000000394. The maximum atomic E-state index is 10.0. The van der Waals surface area contributed by atoms with Gasteiger partial charge in [-0.1, -0.05) is 73.3 Å². The Kier molecular flexibility index (Phi) is 8.81. The molecular formula is C33H28IrNO3S-. The summed E-state index contributed by atoms with van der Waals surface area (Å²) in [5, 5.41) is 10.6. The van der Waals surface area contributed by atoms with Gasteiger partial charge < -0.3 is 9.52 Å². The summed E-state index contributed by atoms with van der Waals surface area (Å²) in [6, 6.07) is 30.8. The maximum absolute atomic E-state index is 10.0. The van der Waals surface area contributed by atoms with Crippen molar-refractivity contribution in [2.75, 3.05) is 0 Å². The predicted octanol–water partition coefficient (Wildman–Crippen LogP) is 9.49. The number of aliphatic hydroxyl groups excluding tert-OH is 1. The van der Waals surface area contributed by atoms with Gasteiger partial charge in [0.2, 0.25) is 0 Å². The summed E-state index contributed by atoms with van der Waals surface area (Å²) in [5.41, 5.74) is 7.13. The Morgan fingerprint density at radius 3 is 2.41 bits per heavy atom. The Labute approximate surface area is 245 Å². The van der Waals surface area contributed by atoms with Crippen LogP contribution in [0.2, 0.25) is 0 Å². The average Bonchev–Trinajstić information content (AvgIpc) is 3.49. The number of carbonyl (C=O) groups is 1. The van der Waals surface area contributed by atoms with Crippen LogP contribution in [0, 0.1) is 6.07 Å². The molecule has 0 aliphatic carbocycles.